The zero-order valence-electron chi connectivity index (χ0n) is 22.6. The molecule has 0 heterocycles. The molecule has 2 aromatic carbocycles. The third-order valence-corrected chi connectivity index (χ3v) is 4.71. The Morgan fingerprint density at radius 2 is 1.27 bits per heavy atom. The van der Waals surface area contributed by atoms with Crippen LogP contribution in [0.2, 0.25) is 0 Å². The van der Waals surface area contributed by atoms with E-state index in [1.165, 1.54) is 7.11 Å². The van der Waals surface area contributed by atoms with Gasteiger partial charge in [-0.1, -0.05) is 60.7 Å². The van der Waals surface area contributed by atoms with Gasteiger partial charge >= 0.3 is 18.2 Å². The molecule has 0 saturated carbocycles. The molecule has 0 aliphatic heterocycles. The van der Waals surface area contributed by atoms with Crippen molar-refractivity contribution in [3.63, 3.8) is 0 Å². The number of imide groups is 1. The maximum absolute atomic E-state index is 13.4. The van der Waals surface area contributed by atoms with Crippen molar-refractivity contribution in [3.05, 3.63) is 71.8 Å². The van der Waals surface area contributed by atoms with E-state index in [9.17, 15) is 14.4 Å². The Morgan fingerprint density at radius 1 is 0.784 bits per heavy atom. The van der Waals surface area contributed by atoms with Gasteiger partial charge in [-0.3, -0.25) is 0 Å². The predicted octanol–water partition coefficient (Wildman–Crippen LogP) is 5.63. The second kappa shape index (κ2) is 13.2. The van der Waals surface area contributed by atoms with Crippen LogP contribution in [0.4, 0.5) is 9.59 Å². The molecule has 2 aromatic rings. The van der Waals surface area contributed by atoms with E-state index < -0.39 is 41.5 Å². The molecule has 9 nitrogen and oxygen atoms in total. The highest BCUT2D eigenvalue weighted by molar-refractivity contribution is 5.90. The minimum atomic E-state index is -1.45. The molecular weight excluding hydrogens is 478 g/mol. The van der Waals surface area contributed by atoms with Crippen molar-refractivity contribution in [3.8, 4) is 0 Å². The number of amides is 2. The van der Waals surface area contributed by atoms with Crippen LogP contribution in [0.15, 0.2) is 60.7 Å². The molecule has 2 rings (SSSR count). The van der Waals surface area contributed by atoms with E-state index in [0.29, 0.717) is 5.56 Å². The summed E-state index contributed by atoms with van der Waals surface area (Å²) in [6.07, 6.45) is -3.46. The van der Waals surface area contributed by atoms with Crippen LogP contribution in [0.5, 0.6) is 0 Å². The highest BCUT2D eigenvalue weighted by Gasteiger charge is 2.45. The maximum atomic E-state index is 13.4. The van der Waals surface area contributed by atoms with Crippen molar-refractivity contribution in [1.82, 2.24) is 4.90 Å². The zero-order chi connectivity index (χ0) is 27.6. The normalized spacial score (nSPS) is 13.3. The molecule has 0 bridgehead atoms. The highest BCUT2D eigenvalue weighted by atomic mass is 16.7. The van der Waals surface area contributed by atoms with Crippen LogP contribution < -0.4 is 0 Å². The Morgan fingerprint density at radius 3 is 1.73 bits per heavy atom. The first-order chi connectivity index (χ1) is 17.3. The van der Waals surface area contributed by atoms with Gasteiger partial charge in [0.05, 0.1) is 0 Å². The number of hydrogen-bond donors (Lipinski definition) is 0. The van der Waals surface area contributed by atoms with E-state index in [1.54, 1.807) is 84.0 Å². The topological polar surface area (TPSA) is 101 Å². The summed E-state index contributed by atoms with van der Waals surface area (Å²) in [6, 6.07) is 16.3. The van der Waals surface area contributed by atoms with E-state index in [2.05, 4.69) is 0 Å². The molecule has 0 spiro atoms. The Balaban J connectivity index is 2.57. The Hall–Kier alpha value is -3.43. The van der Waals surface area contributed by atoms with Gasteiger partial charge < -0.3 is 23.7 Å². The zero-order valence-corrected chi connectivity index (χ0v) is 22.6. The quantitative estimate of drug-likeness (QED) is 0.241. The smallest absolute Gasteiger partial charge is 0.420 e. The first kappa shape index (κ1) is 29.8. The summed E-state index contributed by atoms with van der Waals surface area (Å²) in [4.78, 5) is 41.1. The van der Waals surface area contributed by atoms with Crippen molar-refractivity contribution in [2.24, 2.45) is 0 Å². The number of nitrogens with zero attached hydrogens (tertiary/aromatic N) is 1. The molecule has 0 aromatic heterocycles. The second-order valence-electron chi connectivity index (χ2n) is 10.3. The van der Waals surface area contributed by atoms with Crippen LogP contribution >= 0.6 is 0 Å². The molecule has 0 aliphatic rings. The number of methoxy groups -OCH3 is 1. The van der Waals surface area contributed by atoms with Gasteiger partial charge in [0.1, 0.15) is 30.6 Å². The number of carbonyl (C=O) groups excluding carboxylic acids is 3. The summed E-state index contributed by atoms with van der Waals surface area (Å²) in [7, 11) is 1.39. The van der Waals surface area contributed by atoms with Crippen molar-refractivity contribution in [2.75, 3.05) is 13.9 Å². The largest absolute Gasteiger partial charge is 0.459 e. The van der Waals surface area contributed by atoms with Crippen LogP contribution in [-0.4, -0.2) is 54.3 Å². The van der Waals surface area contributed by atoms with E-state index >= 15 is 0 Å². The average molecular weight is 516 g/mol. The van der Waals surface area contributed by atoms with E-state index in [1.807, 2.05) is 18.2 Å². The van der Waals surface area contributed by atoms with Crippen molar-refractivity contribution in [2.45, 2.75) is 71.5 Å². The predicted molar refractivity (Wildman–Crippen MR) is 136 cm³/mol. The lowest BCUT2D eigenvalue weighted by molar-refractivity contribution is -0.173. The van der Waals surface area contributed by atoms with Crippen molar-refractivity contribution >= 4 is 18.2 Å². The number of carbonyl (C=O) groups is 3. The van der Waals surface area contributed by atoms with Crippen LogP contribution in [0.1, 0.15) is 58.7 Å². The summed E-state index contributed by atoms with van der Waals surface area (Å²) in [5.74, 6) is -0.799. The molecule has 202 valence electrons. The van der Waals surface area contributed by atoms with Gasteiger partial charge in [-0.2, -0.15) is 0 Å². The summed E-state index contributed by atoms with van der Waals surface area (Å²) in [6.45, 7) is 9.68. The molecule has 2 amide bonds. The minimum absolute atomic E-state index is 0.0348. The average Bonchev–Trinajstić information content (AvgIpc) is 2.81. The Kier molecular flexibility index (Phi) is 10.6. The molecule has 9 heteroatoms. The fraction of sp³-hybridized carbons (Fsp3) is 0.464. The van der Waals surface area contributed by atoms with Gasteiger partial charge in [0.25, 0.3) is 0 Å². The number of hydrogen-bond acceptors (Lipinski definition) is 8. The van der Waals surface area contributed by atoms with Gasteiger partial charge in [-0.15, -0.1) is 0 Å². The van der Waals surface area contributed by atoms with Crippen LogP contribution in [0.25, 0.3) is 0 Å². The van der Waals surface area contributed by atoms with Crippen LogP contribution in [0, 0.1) is 0 Å². The lowest BCUT2D eigenvalue weighted by Crippen LogP contribution is -2.51. The first-order valence-electron chi connectivity index (χ1n) is 11.9. The first-order valence-corrected chi connectivity index (χ1v) is 11.9. The third-order valence-electron chi connectivity index (χ3n) is 4.71. The number of esters is 1. The van der Waals surface area contributed by atoms with Crippen LogP contribution in [-0.2, 0) is 35.1 Å². The van der Waals surface area contributed by atoms with Crippen molar-refractivity contribution < 1.29 is 38.1 Å². The molecule has 0 aliphatic carbocycles. The molecule has 0 fully saturated rings. The molecule has 0 N–H and O–H groups in total. The minimum Gasteiger partial charge on any atom is -0.459 e. The summed E-state index contributed by atoms with van der Waals surface area (Å²) in [5.41, 5.74) is -0.685. The van der Waals surface area contributed by atoms with Crippen LogP contribution in [0.3, 0.4) is 0 Å². The van der Waals surface area contributed by atoms with Crippen molar-refractivity contribution in [1.29, 1.82) is 0 Å². The Labute approximate surface area is 218 Å². The maximum Gasteiger partial charge on any atom is 0.420 e. The van der Waals surface area contributed by atoms with E-state index in [4.69, 9.17) is 23.7 Å². The van der Waals surface area contributed by atoms with Gasteiger partial charge in [0, 0.05) is 7.11 Å². The van der Waals surface area contributed by atoms with Gasteiger partial charge in [-0.05, 0) is 52.7 Å². The Bertz CT molecular complexity index is 984. The molecule has 2 atom stereocenters. The standard InChI is InChI=1S/C28H37NO8/c1-27(2,3)36-25(31)29(26(32)37-28(4,5)6)22(21-16-12-9-13-17-21)23(35-19-33-7)24(30)34-18-20-14-10-8-11-15-20/h8-17,22-23H,18-19H2,1-7H3/t22-,23+/m0/s1. The molecule has 0 unspecified atom stereocenters. The molecule has 0 saturated heterocycles. The monoisotopic (exact) mass is 515 g/mol. The molecular formula is C28H37NO8. The SMILES string of the molecule is COCO[C@@H](C(=O)OCc1ccccc1)[C@H](c1ccccc1)N(C(=O)OC(C)(C)C)C(=O)OC(C)(C)C. The molecule has 37 heavy (non-hydrogen) atoms. The number of benzene rings is 2. The fourth-order valence-electron chi connectivity index (χ4n) is 3.27. The van der Waals surface area contributed by atoms with E-state index in [-0.39, 0.29) is 13.4 Å². The summed E-state index contributed by atoms with van der Waals surface area (Å²) < 4.78 is 27.4. The second-order valence-corrected chi connectivity index (χ2v) is 10.3. The summed E-state index contributed by atoms with van der Waals surface area (Å²) >= 11 is 0. The number of rotatable bonds is 9. The lowest BCUT2D eigenvalue weighted by Gasteiger charge is -2.36. The molecule has 0 radical (unpaired) electrons. The summed E-state index contributed by atoms with van der Waals surface area (Å²) in [5, 5.41) is 0. The van der Waals surface area contributed by atoms with Gasteiger partial charge in [0.15, 0.2) is 6.10 Å². The number of ether oxygens (including phenoxy) is 5. The van der Waals surface area contributed by atoms with Gasteiger partial charge in [0.2, 0.25) is 0 Å². The van der Waals surface area contributed by atoms with Gasteiger partial charge in [-0.25, -0.2) is 19.3 Å². The third kappa shape index (κ3) is 9.86. The highest BCUT2D eigenvalue weighted by Crippen LogP contribution is 2.31. The lowest BCUT2D eigenvalue weighted by atomic mass is 9.99. The fourth-order valence-corrected chi connectivity index (χ4v) is 3.27. The van der Waals surface area contributed by atoms with E-state index in [0.717, 1.165) is 10.5 Å².